The Morgan fingerprint density at radius 1 is 0.750 bits per heavy atom. The van der Waals surface area contributed by atoms with Crippen LogP contribution in [-0.2, 0) is 9.84 Å². The first kappa shape index (κ1) is 19.4. The van der Waals surface area contributed by atoms with Crippen molar-refractivity contribution in [3.05, 3.63) is 89.0 Å². The number of nitrogens with zero attached hydrogens (tertiary/aromatic N) is 1. The van der Waals surface area contributed by atoms with Crippen molar-refractivity contribution in [2.45, 2.75) is 9.79 Å². The van der Waals surface area contributed by atoms with Gasteiger partial charge in [0.15, 0.2) is 0 Å². The highest BCUT2D eigenvalue weighted by atomic mass is 32.2. The number of hydrogen-bond acceptors (Lipinski definition) is 6. The van der Waals surface area contributed by atoms with E-state index >= 15 is 0 Å². The lowest BCUT2D eigenvalue weighted by atomic mass is 10.3. The molecule has 3 aromatic rings. The molecular weight excluding hydrogens is 382 g/mol. The molecule has 0 aliphatic heterocycles. The number of ether oxygens (including phenoxy) is 2. The molecule has 0 N–H and O–H groups in total. The fourth-order valence-corrected chi connectivity index (χ4v) is 3.74. The van der Waals surface area contributed by atoms with Crippen LogP contribution in [-0.4, -0.2) is 26.6 Å². The summed E-state index contributed by atoms with van der Waals surface area (Å²) < 4.78 is 36.0. The zero-order chi connectivity index (χ0) is 20.0. The zero-order valence-electron chi connectivity index (χ0n) is 14.7. The molecule has 0 spiro atoms. The molecule has 3 rings (SSSR count). The van der Waals surface area contributed by atoms with Crippen LogP contribution >= 0.6 is 0 Å². The smallest absolute Gasteiger partial charge is 0.273 e. The normalized spacial score (nSPS) is 11.0. The number of hydrogen-bond donors (Lipinski definition) is 0. The van der Waals surface area contributed by atoms with Crippen LogP contribution in [0, 0.1) is 10.1 Å². The van der Waals surface area contributed by atoms with E-state index in [-0.39, 0.29) is 28.7 Å². The van der Waals surface area contributed by atoms with Gasteiger partial charge in [-0.1, -0.05) is 24.3 Å². The summed E-state index contributed by atoms with van der Waals surface area (Å²) in [6.07, 6.45) is 0. The predicted octanol–water partition coefficient (Wildman–Crippen LogP) is 3.89. The fraction of sp³-hybridized carbons (Fsp3) is 0.100. The molecule has 0 heterocycles. The van der Waals surface area contributed by atoms with Gasteiger partial charge in [0.25, 0.3) is 5.69 Å². The summed E-state index contributed by atoms with van der Waals surface area (Å²) in [5.41, 5.74) is -0.0476. The highest BCUT2D eigenvalue weighted by molar-refractivity contribution is 7.91. The maximum Gasteiger partial charge on any atom is 0.273 e. The molecule has 28 heavy (non-hydrogen) atoms. The van der Waals surface area contributed by atoms with Gasteiger partial charge in [-0.05, 0) is 42.5 Å². The first-order chi connectivity index (χ1) is 13.5. The third kappa shape index (κ3) is 4.66. The molecule has 0 radical (unpaired) electrons. The van der Waals surface area contributed by atoms with E-state index in [1.54, 1.807) is 54.6 Å². The number of nitro benzene ring substituents is 1. The van der Waals surface area contributed by atoms with Crippen molar-refractivity contribution in [3.63, 3.8) is 0 Å². The van der Waals surface area contributed by atoms with Crippen molar-refractivity contribution in [3.8, 4) is 11.5 Å². The Bertz CT molecular complexity index is 1050. The van der Waals surface area contributed by atoms with Gasteiger partial charge in [-0.15, -0.1) is 0 Å². The molecule has 0 unspecified atom stereocenters. The highest BCUT2D eigenvalue weighted by Crippen LogP contribution is 2.23. The van der Waals surface area contributed by atoms with E-state index in [1.165, 1.54) is 24.3 Å². The quantitative estimate of drug-likeness (QED) is 0.324. The largest absolute Gasteiger partial charge is 0.490 e. The average Bonchev–Trinajstić information content (AvgIpc) is 2.72. The van der Waals surface area contributed by atoms with E-state index in [2.05, 4.69) is 0 Å². The van der Waals surface area contributed by atoms with Crippen molar-refractivity contribution >= 4 is 15.5 Å². The fourth-order valence-electron chi connectivity index (χ4n) is 2.46. The van der Waals surface area contributed by atoms with Gasteiger partial charge >= 0.3 is 0 Å². The molecule has 8 heteroatoms. The standard InChI is InChI=1S/C20H17NO6S/c22-21(23)16-5-4-6-18(15-16)27-14-13-26-17-9-11-20(12-10-17)28(24,25)19-7-2-1-3-8-19/h1-12,15H,13-14H2. The maximum atomic E-state index is 12.5. The first-order valence-corrected chi connectivity index (χ1v) is 9.85. The molecule has 144 valence electrons. The molecule has 0 aromatic heterocycles. The number of non-ortho nitro benzene ring substituents is 1. The van der Waals surface area contributed by atoms with Crippen LogP contribution in [0.3, 0.4) is 0 Å². The Balaban J connectivity index is 1.55. The first-order valence-electron chi connectivity index (χ1n) is 8.37. The van der Waals surface area contributed by atoms with Crippen molar-refractivity contribution in [1.29, 1.82) is 0 Å². The summed E-state index contributed by atoms with van der Waals surface area (Å²) >= 11 is 0. The average molecular weight is 399 g/mol. The van der Waals surface area contributed by atoms with Crippen LogP contribution in [0.25, 0.3) is 0 Å². The molecule has 0 amide bonds. The van der Waals surface area contributed by atoms with E-state index in [4.69, 9.17) is 9.47 Å². The van der Waals surface area contributed by atoms with Crippen LogP contribution in [0.4, 0.5) is 5.69 Å². The zero-order valence-corrected chi connectivity index (χ0v) is 15.5. The SMILES string of the molecule is O=[N+]([O-])c1cccc(OCCOc2ccc(S(=O)(=O)c3ccccc3)cc2)c1. The summed E-state index contributed by atoms with van der Waals surface area (Å²) in [5.74, 6) is 0.872. The molecular formula is C20H17NO6S. The minimum Gasteiger partial charge on any atom is -0.490 e. The molecule has 3 aromatic carbocycles. The van der Waals surface area contributed by atoms with Crippen molar-refractivity contribution in [1.82, 2.24) is 0 Å². The van der Waals surface area contributed by atoms with E-state index < -0.39 is 14.8 Å². The summed E-state index contributed by atoms with van der Waals surface area (Å²) in [7, 11) is -3.56. The minimum absolute atomic E-state index is 0.0476. The van der Waals surface area contributed by atoms with E-state index in [9.17, 15) is 18.5 Å². The van der Waals surface area contributed by atoms with E-state index in [0.29, 0.717) is 11.5 Å². The highest BCUT2D eigenvalue weighted by Gasteiger charge is 2.16. The summed E-state index contributed by atoms with van der Waals surface area (Å²) in [5, 5.41) is 10.7. The van der Waals surface area contributed by atoms with E-state index in [1.807, 2.05) is 0 Å². The van der Waals surface area contributed by atoms with E-state index in [0.717, 1.165) is 0 Å². The van der Waals surface area contributed by atoms with Gasteiger partial charge in [-0.2, -0.15) is 0 Å². The van der Waals surface area contributed by atoms with Crippen LogP contribution in [0.2, 0.25) is 0 Å². The molecule has 0 saturated heterocycles. The third-order valence-corrected chi connectivity index (χ3v) is 5.62. The summed E-state index contributed by atoms with van der Waals surface area (Å²) in [6.45, 7) is 0.388. The number of rotatable bonds is 8. The van der Waals surface area contributed by atoms with Gasteiger partial charge in [-0.3, -0.25) is 10.1 Å². The summed E-state index contributed by atoms with van der Waals surface area (Å²) in [6, 6.07) is 20.2. The number of sulfone groups is 1. The van der Waals surface area contributed by atoms with Gasteiger partial charge in [-0.25, -0.2) is 8.42 Å². The van der Waals surface area contributed by atoms with Crippen molar-refractivity contribution < 1.29 is 22.8 Å². The molecule has 0 fully saturated rings. The molecule has 7 nitrogen and oxygen atoms in total. The molecule has 0 atom stereocenters. The number of benzene rings is 3. The van der Waals surface area contributed by atoms with Crippen LogP contribution < -0.4 is 9.47 Å². The number of nitro groups is 1. The van der Waals surface area contributed by atoms with Gasteiger partial charge in [0.05, 0.1) is 20.8 Å². The van der Waals surface area contributed by atoms with Crippen molar-refractivity contribution in [2.75, 3.05) is 13.2 Å². The second kappa shape index (κ2) is 8.53. The Kier molecular flexibility index (Phi) is 5.90. The lowest BCUT2D eigenvalue weighted by Crippen LogP contribution is -2.09. The monoisotopic (exact) mass is 399 g/mol. The lowest BCUT2D eigenvalue weighted by Gasteiger charge is -2.09. The van der Waals surface area contributed by atoms with Gasteiger partial charge in [0.1, 0.15) is 24.7 Å². The second-order valence-corrected chi connectivity index (χ2v) is 7.69. The Morgan fingerprint density at radius 2 is 1.36 bits per heavy atom. The van der Waals surface area contributed by atoms with Gasteiger partial charge in [0, 0.05) is 6.07 Å². The predicted molar refractivity (Wildman–Crippen MR) is 102 cm³/mol. The third-order valence-electron chi connectivity index (χ3n) is 3.84. The Hall–Kier alpha value is -3.39. The topological polar surface area (TPSA) is 95.7 Å². The molecule has 0 saturated carbocycles. The van der Waals surface area contributed by atoms with Gasteiger partial charge in [0.2, 0.25) is 9.84 Å². The van der Waals surface area contributed by atoms with Crippen LogP contribution in [0.1, 0.15) is 0 Å². The van der Waals surface area contributed by atoms with Crippen LogP contribution in [0.5, 0.6) is 11.5 Å². The Labute approximate surface area is 162 Å². The Morgan fingerprint density at radius 3 is 2.00 bits per heavy atom. The maximum absolute atomic E-state index is 12.5. The van der Waals surface area contributed by atoms with Crippen molar-refractivity contribution in [2.24, 2.45) is 0 Å². The lowest BCUT2D eigenvalue weighted by molar-refractivity contribution is -0.384. The molecule has 0 bridgehead atoms. The minimum atomic E-state index is -3.56. The molecule has 0 aliphatic carbocycles. The van der Waals surface area contributed by atoms with Crippen LogP contribution in [0.15, 0.2) is 88.7 Å². The van der Waals surface area contributed by atoms with Gasteiger partial charge < -0.3 is 9.47 Å². The molecule has 0 aliphatic rings. The summed E-state index contributed by atoms with van der Waals surface area (Å²) in [4.78, 5) is 10.7. The second-order valence-electron chi connectivity index (χ2n) is 5.74.